The summed E-state index contributed by atoms with van der Waals surface area (Å²) < 4.78 is 1.02. The second-order valence-corrected chi connectivity index (χ2v) is 9.43. The number of aryl methyl sites for hydroxylation is 1. The molecule has 0 saturated heterocycles. The van der Waals surface area contributed by atoms with Gasteiger partial charge < -0.3 is 0 Å². The van der Waals surface area contributed by atoms with Gasteiger partial charge in [0.15, 0.2) is 0 Å². The summed E-state index contributed by atoms with van der Waals surface area (Å²) in [6.07, 6.45) is 0.760. The Balaban J connectivity index is 1.55. The van der Waals surface area contributed by atoms with Crippen LogP contribution >= 0.6 is 34.9 Å². The standard InChI is InChI=1S/C19H19N3OS3/c1-13-4-6-14(7-5-13)16-11-15(17-3-2-9-24-17)21-22(16)18(23)12-26-19-20-8-10-25-19/h2-7,9,16H,8,10-12H2,1H3/t16-/m0/s1. The summed E-state index contributed by atoms with van der Waals surface area (Å²) in [6.45, 7) is 2.93. The maximum Gasteiger partial charge on any atom is 0.253 e. The zero-order valence-electron chi connectivity index (χ0n) is 14.4. The average molecular weight is 402 g/mol. The largest absolute Gasteiger partial charge is 0.272 e. The SMILES string of the molecule is Cc1ccc([C@@H]2CC(c3cccs3)=NN2C(=O)CSC2=NCCS2)cc1. The summed E-state index contributed by atoms with van der Waals surface area (Å²) in [7, 11) is 0. The van der Waals surface area contributed by atoms with Crippen LogP contribution in [-0.2, 0) is 4.79 Å². The van der Waals surface area contributed by atoms with Crippen LogP contribution in [0.15, 0.2) is 51.9 Å². The van der Waals surface area contributed by atoms with Gasteiger partial charge in [0.1, 0.15) is 4.38 Å². The average Bonchev–Trinajstić information content (AvgIpc) is 3.41. The highest BCUT2D eigenvalue weighted by atomic mass is 32.2. The van der Waals surface area contributed by atoms with Crippen LogP contribution in [0.1, 0.15) is 28.5 Å². The highest BCUT2D eigenvalue weighted by Gasteiger charge is 2.33. The minimum Gasteiger partial charge on any atom is -0.272 e. The molecule has 2 aliphatic rings. The predicted octanol–water partition coefficient (Wildman–Crippen LogP) is 4.57. The fraction of sp³-hybridized carbons (Fsp3) is 0.316. The molecule has 1 aromatic carbocycles. The number of thiophene rings is 1. The van der Waals surface area contributed by atoms with E-state index in [1.54, 1.807) is 28.1 Å². The maximum atomic E-state index is 12.9. The van der Waals surface area contributed by atoms with Crippen molar-refractivity contribution in [2.75, 3.05) is 18.1 Å². The number of carbonyl (C=O) groups is 1. The Labute approximate surface area is 165 Å². The molecule has 1 atom stereocenters. The highest BCUT2D eigenvalue weighted by Crippen LogP contribution is 2.34. The zero-order chi connectivity index (χ0) is 17.9. The number of rotatable bonds is 4. The third kappa shape index (κ3) is 3.89. The normalized spacial score (nSPS) is 19.6. The van der Waals surface area contributed by atoms with E-state index in [1.165, 1.54) is 17.3 Å². The molecule has 7 heteroatoms. The number of benzene rings is 1. The van der Waals surface area contributed by atoms with Gasteiger partial charge in [-0.3, -0.25) is 9.79 Å². The third-order valence-corrected chi connectivity index (χ3v) is 7.47. The van der Waals surface area contributed by atoms with Crippen LogP contribution in [0.3, 0.4) is 0 Å². The van der Waals surface area contributed by atoms with Gasteiger partial charge in [-0.15, -0.1) is 11.3 Å². The zero-order valence-corrected chi connectivity index (χ0v) is 16.9. The van der Waals surface area contributed by atoms with Crippen LogP contribution < -0.4 is 0 Å². The van der Waals surface area contributed by atoms with Gasteiger partial charge in [-0.05, 0) is 23.9 Å². The molecule has 0 spiro atoms. The quantitative estimate of drug-likeness (QED) is 0.754. The summed E-state index contributed by atoms with van der Waals surface area (Å²) in [5, 5.41) is 8.44. The van der Waals surface area contributed by atoms with Crippen molar-refractivity contribution in [3.05, 3.63) is 57.8 Å². The molecular formula is C19H19N3OS3. The molecule has 134 valence electrons. The molecule has 2 aromatic rings. The Hall–Kier alpha value is -1.57. The second kappa shape index (κ2) is 7.98. The lowest BCUT2D eigenvalue weighted by atomic mass is 10.00. The molecule has 26 heavy (non-hydrogen) atoms. The van der Waals surface area contributed by atoms with Gasteiger partial charge in [0.2, 0.25) is 0 Å². The molecule has 4 rings (SSSR count). The Morgan fingerprint density at radius 1 is 1.31 bits per heavy atom. The molecular weight excluding hydrogens is 382 g/mol. The monoisotopic (exact) mass is 401 g/mol. The Morgan fingerprint density at radius 3 is 2.85 bits per heavy atom. The van der Waals surface area contributed by atoms with E-state index in [1.807, 2.05) is 6.07 Å². The van der Waals surface area contributed by atoms with E-state index in [0.29, 0.717) is 5.75 Å². The van der Waals surface area contributed by atoms with E-state index >= 15 is 0 Å². The molecule has 0 aliphatic carbocycles. The number of thioether (sulfide) groups is 2. The number of aliphatic imine (C=N–C) groups is 1. The van der Waals surface area contributed by atoms with Gasteiger partial charge in [-0.2, -0.15) is 5.10 Å². The Morgan fingerprint density at radius 2 is 2.15 bits per heavy atom. The highest BCUT2D eigenvalue weighted by molar-refractivity contribution is 8.39. The predicted molar refractivity (Wildman–Crippen MR) is 113 cm³/mol. The molecule has 0 saturated carbocycles. The molecule has 4 nitrogen and oxygen atoms in total. The smallest absolute Gasteiger partial charge is 0.253 e. The summed E-state index contributed by atoms with van der Waals surface area (Å²) in [6, 6.07) is 12.5. The molecule has 1 aromatic heterocycles. The van der Waals surface area contributed by atoms with Crippen LogP contribution in [-0.4, -0.2) is 39.1 Å². The molecule has 2 aliphatic heterocycles. The van der Waals surface area contributed by atoms with Crippen molar-refractivity contribution in [2.24, 2.45) is 10.1 Å². The van der Waals surface area contributed by atoms with Crippen LogP contribution in [0.4, 0.5) is 0 Å². The summed E-state index contributed by atoms with van der Waals surface area (Å²) >= 11 is 4.94. The first-order valence-corrected chi connectivity index (χ1v) is 11.4. The first-order valence-electron chi connectivity index (χ1n) is 8.51. The lowest BCUT2D eigenvalue weighted by Gasteiger charge is -2.22. The molecule has 3 heterocycles. The first kappa shape index (κ1) is 17.8. The fourth-order valence-electron chi connectivity index (χ4n) is 2.97. The molecule has 0 N–H and O–H groups in total. The van der Waals surface area contributed by atoms with E-state index in [-0.39, 0.29) is 11.9 Å². The number of nitrogens with zero attached hydrogens (tertiary/aromatic N) is 3. The number of carbonyl (C=O) groups excluding carboxylic acids is 1. The Bertz CT molecular complexity index is 843. The van der Waals surface area contributed by atoms with Crippen molar-refractivity contribution in [3.63, 3.8) is 0 Å². The summed E-state index contributed by atoms with van der Waals surface area (Å²) in [5.41, 5.74) is 3.35. The lowest BCUT2D eigenvalue weighted by molar-refractivity contribution is -0.130. The Kier molecular flexibility index (Phi) is 5.47. The minimum absolute atomic E-state index is 0.0287. The van der Waals surface area contributed by atoms with Crippen LogP contribution in [0.2, 0.25) is 0 Å². The topological polar surface area (TPSA) is 45.0 Å². The van der Waals surface area contributed by atoms with Crippen LogP contribution in [0.25, 0.3) is 0 Å². The number of hydrazone groups is 1. The van der Waals surface area contributed by atoms with Crippen LogP contribution in [0, 0.1) is 6.92 Å². The van der Waals surface area contributed by atoms with E-state index in [4.69, 9.17) is 5.10 Å². The van der Waals surface area contributed by atoms with Crippen molar-refractivity contribution in [2.45, 2.75) is 19.4 Å². The number of hydrogen-bond donors (Lipinski definition) is 0. The third-order valence-electron chi connectivity index (χ3n) is 4.31. The fourth-order valence-corrected chi connectivity index (χ4v) is 5.56. The van der Waals surface area contributed by atoms with E-state index < -0.39 is 0 Å². The van der Waals surface area contributed by atoms with Gasteiger partial charge >= 0.3 is 0 Å². The van der Waals surface area contributed by atoms with Crippen molar-refractivity contribution < 1.29 is 4.79 Å². The van der Waals surface area contributed by atoms with Crippen LogP contribution in [0.5, 0.6) is 0 Å². The summed E-state index contributed by atoms with van der Waals surface area (Å²) in [4.78, 5) is 18.5. The van der Waals surface area contributed by atoms with Crippen molar-refractivity contribution >= 4 is 50.9 Å². The molecule has 1 amide bonds. The van der Waals surface area contributed by atoms with Gasteiger partial charge in [0, 0.05) is 12.2 Å². The van der Waals surface area contributed by atoms with E-state index in [9.17, 15) is 4.79 Å². The van der Waals surface area contributed by atoms with E-state index in [0.717, 1.165) is 39.2 Å². The second-order valence-electron chi connectivity index (χ2n) is 6.18. The van der Waals surface area contributed by atoms with Gasteiger partial charge in [-0.1, -0.05) is 59.4 Å². The van der Waals surface area contributed by atoms with Crippen molar-refractivity contribution in [1.29, 1.82) is 0 Å². The number of amides is 1. The van der Waals surface area contributed by atoms with Crippen molar-refractivity contribution in [1.82, 2.24) is 5.01 Å². The molecule has 0 bridgehead atoms. The molecule has 0 unspecified atom stereocenters. The van der Waals surface area contributed by atoms with Crippen molar-refractivity contribution in [3.8, 4) is 0 Å². The number of hydrogen-bond acceptors (Lipinski definition) is 6. The first-order chi connectivity index (χ1) is 12.7. The molecule has 0 fully saturated rings. The maximum absolute atomic E-state index is 12.9. The van der Waals surface area contributed by atoms with Gasteiger partial charge in [0.05, 0.1) is 28.9 Å². The van der Waals surface area contributed by atoms with Gasteiger partial charge in [0.25, 0.3) is 5.91 Å². The minimum atomic E-state index is -0.0287. The van der Waals surface area contributed by atoms with E-state index in [2.05, 4.69) is 47.6 Å². The molecule has 0 radical (unpaired) electrons. The lowest BCUT2D eigenvalue weighted by Crippen LogP contribution is -2.28. The summed E-state index contributed by atoms with van der Waals surface area (Å²) in [5.74, 6) is 1.45. The van der Waals surface area contributed by atoms with Gasteiger partial charge in [-0.25, -0.2) is 5.01 Å².